The third-order valence-electron chi connectivity index (χ3n) is 4.66. The standard InChI is InChI=1S/C23H20N2O4S/c1-16-19-21(30-20(16)23(27)29-14-17-8-4-2-5-9-17)24-15-25(22(19)26)12-13-28-18-10-6-3-7-11-18/h2-11,15H,12-14H2,1H3. The number of aryl methyl sites for hydroxylation is 1. The lowest BCUT2D eigenvalue weighted by Crippen LogP contribution is -2.23. The Morgan fingerprint density at radius 1 is 1.07 bits per heavy atom. The van der Waals surface area contributed by atoms with Crippen LogP contribution in [-0.2, 0) is 17.9 Å². The van der Waals surface area contributed by atoms with Crippen molar-refractivity contribution in [3.05, 3.63) is 93.3 Å². The second kappa shape index (κ2) is 8.92. The van der Waals surface area contributed by atoms with Gasteiger partial charge in [0.25, 0.3) is 5.56 Å². The number of aromatic nitrogens is 2. The van der Waals surface area contributed by atoms with E-state index in [9.17, 15) is 9.59 Å². The summed E-state index contributed by atoms with van der Waals surface area (Å²) in [4.78, 5) is 30.8. The van der Waals surface area contributed by atoms with Crippen molar-refractivity contribution in [1.29, 1.82) is 0 Å². The second-order valence-electron chi connectivity index (χ2n) is 6.70. The molecule has 4 aromatic rings. The van der Waals surface area contributed by atoms with Crippen molar-refractivity contribution in [3.63, 3.8) is 0 Å². The van der Waals surface area contributed by atoms with Crippen LogP contribution in [0, 0.1) is 6.92 Å². The largest absolute Gasteiger partial charge is 0.492 e. The van der Waals surface area contributed by atoms with Crippen molar-refractivity contribution < 1.29 is 14.3 Å². The molecule has 0 bridgehead atoms. The second-order valence-corrected chi connectivity index (χ2v) is 7.70. The monoisotopic (exact) mass is 420 g/mol. The van der Waals surface area contributed by atoms with E-state index in [0.717, 1.165) is 11.3 Å². The van der Waals surface area contributed by atoms with Gasteiger partial charge in [-0.2, -0.15) is 0 Å². The van der Waals surface area contributed by atoms with Crippen LogP contribution in [-0.4, -0.2) is 22.1 Å². The predicted molar refractivity (Wildman–Crippen MR) is 116 cm³/mol. The van der Waals surface area contributed by atoms with Gasteiger partial charge in [0, 0.05) is 0 Å². The Bertz CT molecular complexity index is 1220. The first-order valence-corrected chi connectivity index (χ1v) is 10.3. The molecule has 0 saturated heterocycles. The van der Waals surface area contributed by atoms with E-state index in [0.29, 0.717) is 33.8 Å². The van der Waals surface area contributed by atoms with Gasteiger partial charge in [-0.1, -0.05) is 48.5 Å². The van der Waals surface area contributed by atoms with Gasteiger partial charge < -0.3 is 9.47 Å². The summed E-state index contributed by atoms with van der Waals surface area (Å²) in [7, 11) is 0. The van der Waals surface area contributed by atoms with Gasteiger partial charge in [0.05, 0.1) is 18.3 Å². The molecule has 7 heteroatoms. The topological polar surface area (TPSA) is 70.4 Å². The molecular formula is C23H20N2O4S. The molecule has 2 aromatic heterocycles. The highest BCUT2D eigenvalue weighted by Crippen LogP contribution is 2.27. The molecule has 0 aliphatic carbocycles. The molecule has 30 heavy (non-hydrogen) atoms. The lowest BCUT2D eigenvalue weighted by molar-refractivity contribution is 0.0478. The smallest absolute Gasteiger partial charge is 0.349 e. The van der Waals surface area contributed by atoms with E-state index in [2.05, 4.69) is 4.98 Å². The summed E-state index contributed by atoms with van der Waals surface area (Å²) >= 11 is 1.18. The number of fused-ring (bicyclic) bond motifs is 1. The highest BCUT2D eigenvalue weighted by Gasteiger charge is 2.20. The zero-order chi connectivity index (χ0) is 20.9. The number of hydrogen-bond acceptors (Lipinski definition) is 6. The fourth-order valence-electron chi connectivity index (χ4n) is 3.08. The van der Waals surface area contributed by atoms with E-state index in [1.54, 1.807) is 6.92 Å². The number of carbonyl (C=O) groups excluding carboxylic acids is 1. The number of hydrogen-bond donors (Lipinski definition) is 0. The average Bonchev–Trinajstić information content (AvgIpc) is 3.12. The van der Waals surface area contributed by atoms with Gasteiger partial charge in [-0.25, -0.2) is 9.78 Å². The number of thiophene rings is 1. The Morgan fingerprint density at radius 2 is 1.77 bits per heavy atom. The number of benzene rings is 2. The van der Waals surface area contributed by atoms with Gasteiger partial charge >= 0.3 is 5.97 Å². The number of nitrogens with zero attached hydrogens (tertiary/aromatic N) is 2. The maximum absolute atomic E-state index is 12.9. The molecule has 0 unspecified atom stereocenters. The summed E-state index contributed by atoms with van der Waals surface area (Å²) in [6, 6.07) is 18.9. The Kier molecular flexibility index (Phi) is 5.90. The minimum absolute atomic E-state index is 0.182. The molecule has 4 rings (SSSR count). The SMILES string of the molecule is Cc1c(C(=O)OCc2ccccc2)sc2ncn(CCOc3ccccc3)c(=O)c12. The molecule has 0 aliphatic heterocycles. The van der Waals surface area contributed by atoms with Crippen LogP contribution in [0.1, 0.15) is 20.8 Å². The molecule has 0 spiro atoms. The van der Waals surface area contributed by atoms with E-state index in [1.165, 1.54) is 22.2 Å². The molecule has 0 N–H and O–H groups in total. The Balaban J connectivity index is 1.50. The van der Waals surface area contributed by atoms with Crippen molar-refractivity contribution in [2.75, 3.05) is 6.61 Å². The number of rotatable bonds is 7. The quantitative estimate of drug-likeness (QED) is 0.419. The van der Waals surface area contributed by atoms with Crippen molar-refractivity contribution in [1.82, 2.24) is 9.55 Å². The van der Waals surface area contributed by atoms with E-state index in [4.69, 9.17) is 9.47 Å². The Morgan fingerprint density at radius 3 is 2.50 bits per heavy atom. The molecule has 0 fully saturated rings. The summed E-state index contributed by atoms with van der Waals surface area (Å²) in [5.74, 6) is 0.299. The third kappa shape index (κ3) is 4.26. The van der Waals surface area contributed by atoms with Gasteiger partial charge in [-0.05, 0) is 30.2 Å². The number of ether oxygens (including phenoxy) is 2. The minimum atomic E-state index is -0.447. The van der Waals surface area contributed by atoms with Crippen LogP contribution >= 0.6 is 11.3 Å². The van der Waals surface area contributed by atoms with Gasteiger partial charge in [0.15, 0.2) is 0 Å². The van der Waals surface area contributed by atoms with Crippen LogP contribution in [0.3, 0.4) is 0 Å². The first-order valence-electron chi connectivity index (χ1n) is 9.51. The van der Waals surface area contributed by atoms with Crippen molar-refractivity contribution in [2.45, 2.75) is 20.1 Å². The average molecular weight is 420 g/mol. The predicted octanol–water partition coefficient (Wildman–Crippen LogP) is 4.20. The van der Waals surface area contributed by atoms with Gasteiger partial charge in [-0.15, -0.1) is 11.3 Å². The number of para-hydroxylation sites is 1. The van der Waals surface area contributed by atoms with Crippen LogP contribution in [0.5, 0.6) is 5.75 Å². The lowest BCUT2D eigenvalue weighted by Gasteiger charge is -2.08. The molecular weight excluding hydrogens is 400 g/mol. The highest BCUT2D eigenvalue weighted by atomic mass is 32.1. The fraction of sp³-hybridized carbons (Fsp3) is 0.174. The highest BCUT2D eigenvalue weighted by molar-refractivity contribution is 7.20. The van der Waals surface area contributed by atoms with Crippen LogP contribution in [0.25, 0.3) is 10.2 Å². The van der Waals surface area contributed by atoms with E-state index in [1.807, 2.05) is 60.7 Å². The maximum Gasteiger partial charge on any atom is 0.349 e. The summed E-state index contributed by atoms with van der Waals surface area (Å²) in [5, 5.41) is 0.453. The van der Waals surface area contributed by atoms with Crippen LogP contribution < -0.4 is 10.3 Å². The Labute approximate surface area is 177 Å². The molecule has 152 valence electrons. The maximum atomic E-state index is 12.9. The lowest BCUT2D eigenvalue weighted by atomic mass is 10.2. The summed E-state index contributed by atoms with van der Waals surface area (Å²) in [5.41, 5.74) is 1.32. The third-order valence-corrected chi connectivity index (χ3v) is 5.84. The summed E-state index contributed by atoms with van der Waals surface area (Å²) in [6.45, 7) is 2.64. The first-order chi connectivity index (χ1) is 14.6. The molecule has 0 radical (unpaired) electrons. The summed E-state index contributed by atoms with van der Waals surface area (Å²) in [6.07, 6.45) is 1.49. The van der Waals surface area contributed by atoms with E-state index < -0.39 is 5.97 Å². The minimum Gasteiger partial charge on any atom is -0.492 e. The molecule has 2 heterocycles. The Hall–Kier alpha value is -3.45. The van der Waals surface area contributed by atoms with Crippen LogP contribution in [0.2, 0.25) is 0 Å². The molecule has 0 amide bonds. The van der Waals surface area contributed by atoms with Crippen LogP contribution in [0.4, 0.5) is 0 Å². The van der Waals surface area contributed by atoms with Gasteiger partial charge in [0.2, 0.25) is 0 Å². The number of carbonyl (C=O) groups is 1. The van der Waals surface area contributed by atoms with Crippen molar-refractivity contribution >= 4 is 27.5 Å². The zero-order valence-corrected chi connectivity index (χ0v) is 17.2. The van der Waals surface area contributed by atoms with E-state index >= 15 is 0 Å². The molecule has 0 saturated carbocycles. The normalized spacial score (nSPS) is 10.8. The molecule has 6 nitrogen and oxygen atoms in total. The van der Waals surface area contributed by atoms with E-state index in [-0.39, 0.29) is 12.2 Å². The molecule has 0 aliphatic rings. The first kappa shape index (κ1) is 19.8. The fourth-order valence-corrected chi connectivity index (χ4v) is 4.11. The molecule has 0 atom stereocenters. The molecule has 2 aromatic carbocycles. The number of esters is 1. The van der Waals surface area contributed by atoms with Crippen molar-refractivity contribution in [3.8, 4) is 5.75 Å². The van der Waals surface area contributed by atoms with Crippen LogP contribution in [0.15, 0.2) is 71.8 Å². The van der Waals surface area contributed by atoms with Crippen molar-refractivity contribution in [2.24, 2.45) is 0 Å². The summed E-state index contributed by atoms with van der Waals surface area (Å²) < 4.78 is 12.6. The van der Waals surface area contributed by atoms with Gasteiger partial charge in [0.1, 0.15) is 28.7 Å². The zero-order valence-electron chi connectivity index (χ0n) is 16.4. The van der Waals surface area contributed by atoms with Gasteiger partial charge in [-0.3, -0.25) is 9.36 Å².